The van der Waals surface area contributed by atoms with Gasteiger partial charge in [0.2, 0.25) is 0 Å². The first-order chi connectivity index (χ1) is 6.70. The Balaban J connectivity index is 2.18. The highest BCUT2D eigenvalue weighted by Gasteiger charge is 2.28. The van der Waals surface area contributed by atoms with Crippen LogP contribution in [0.15, 0.2) is 0 Å². The van der Waals surface area contributed by atoms with Gasteiger partial charge in [-0.25, -0.2) is 0 Å². The topological polar surface area (TPSA) is 49.8 Å². The van der Waals surface area contributed by atoms with E-state index >= 15 is 0 Å². The van der Waals surface area contributed by atoms with Gasteiger partial charge in [0.1, 0.15) is 6.61 Å². The van der Waals surface area contributed by atoms with Gasteiger partial charge >= 0.3 is 0 Å². The van der Waals surface area contributed by atoms with Crippen LogP contribution < -0.4 is 0 Å². The zero-order valence-electron chi connectivity index (χ0n) is 8.74. The summed E-state index contributed by atoms with van der Waals surface area (Å²) in [6.45, 7) is 6.12. The molecule has 82 valence electrons. The Kier molecular flexibility index (Phi) is 4.35. The van der Waals surface area contributed by atoms with Gasteiger partial charge in [-0.1, -0.05) is 6.92 Å². The molecule has 0 unspecified atom stereocenters. The molecule has 0 aliphatic carbocycles. The number of aliphatic hydroxyl groups is 1. The fourth-order valence-corrected chi connectivity index (χ4v) is 1.70. The summed E-state index contributed by atoms with van der Waals surface area (Å²) in [5.74, 6) is 0. The molecule has 1 rings (SSSR count). The number of hydrogen-bond donors (Lipinski definition) is 1. The maximum Gasteiger partial charge on any atom is 0.293 e. The third-order valence-electron chi connectivity index (χ3n) is 3.04. The maximum atomic E-state index is 9.92. The zero-order chi connectivity index (χ0) is 10.4. The molecule has 1 fully saturated rings. The smallest absolute Gasteiger partial charge is 0.293 e. The first-order valence-electron chi connectivity index (χ1n) is 5.09. The van der Waals surface area contributed by atoms with Crippen LogP contribution in [0, 0.1) is 5.41 Å². The van der Waals surface area contributed by atoms with Crippen LogP contribution in [0.3, 0.4) is 0 Å². The monoisotopic (exact) mass is 201 g/mol. The number of carbonyl (C=O) groups is 1. The van der Waals surface area contributed by atoms with E-state index in [1.165, 1.54) is 0 Å². The summed E-state index contributed by atoms with van der Waals surface area (Å²) >= 11 is 0. The quantitative estimate of drug-likeness (QED) is 0.512. The SMILES string of the molecule is CC1(CO)CCN(CCOC=O)CC1. The molecule has 4 heteroatoms. The van der Waals surface area contributed by atoms with E-state index in [9.17, 15) is 4.79 Å². The molecule has 1 aliphatic heterocycles. The molecule has 0 aromatic rings. The highest BCUT2D eigenvalue weighted by Crippen LogP contribution is 2.29. The van der Waals surface area contributed by atoms with Crippen molar-refractivity contribution in [1.82, 2.24) is 4.90 Å². The van der Waals surface area contributed by atoms with Gasteiger partial charge in [0.05, 0.1) is 0 Å². The van der Waals surface area contributed by atoms with E-state index in [1.807, 2.05) is 0 Å². The van der Waals surface area contributed by atoms with Gasteiger partial charge in [-0.3, -0.25) is 9.69 Å². The predicted octanol–water partition coefficient (Wildman–Crippen LogP) is 0.254. The highest BCUT2D eigenvalue weighted by molar-refractivity contribution is 5.36. The lowest BCUT2D eigenvalue weighted by atomic mass is 9.81. The summed E-state index contributed by atoms with van der Waals surface area (Å²) in [6.07, 6.45) is 2.04. The van der Waals surface area contributed by atoms with Crippen LogP contribution in [-0.2, 0) is 9.53 Å². The van der Waals surface area contributed by atoms with E-state index < -0.39 is 0 Å². The number of carbonyl (C=O) groups excluding carboxylic acids is 1. The maximum absolute atomic E-state index is 9.92. The molecule has 4 nitrogen and oxygen atoms in total. The molecule has 0 aromatic heterocycles. The zero-order valence-corrected chi connectivity index (χ0v) is 8.74. The molecule has 1 aliphatic rings. The molecule has 0 aromatic carbocycles. The summed E-state index contributed by atoms with van der Waals surface area (Å²) in [4.78, 5) is 12.2. The van der Waals surface area contributed by atoms with Gasteiger partial charge in [0.25, 0.3) is 6.47 Å². The first kappa shape index (κ1) is 11.5. The van der Waals surface area contributed by atoms with Crippen molar-refractivity contribution in [1.29, 1.82) is 0 Å². The largest absolute Gasteiger partial charge is 0.467 e. The predicted molar refractivity (Wildman–Crippen MR) is 52.9 cm³/mol. The molecule has 0 amide bonds. The van der Waals surface area contributed by atoms with E-state index in [-0.39, 0.29) is 12.0 Å². The van der Waals surface area contributed by atoms with Crippen molar-refractivity contribution in [2.45, 2.75) is 19.8 Å². The van der Waals surface area contributed by atoms with Crippen molar-refractivity contribution >= 4 is 6.47 Å². The molecule has 1 saturated heterocycles. The van der Waals surface area contributed by atoms with Crippen molar-refractivity contribution in [2.24, 2.45) is 5.41 Å². The second-order valence-corrected chi connectivity index (χ2v) is 4.28. The number of rotatable bonds is 5. The average Bonchev–Trinajstić information content (AvgIpc) is 2.22. The molecule has 0 saturated carbocycles. The Morgan fingerprint density at radius 2 is 2.14 bits per heavy atom. The Morgan fingerprint density at radius 1 is 1.50 bits per heavy atom. The summed E-state index contributed by atoms with van der Waals surface area (Å²) in [5.41, 5.74) is 0.0992. The van der Waals surface area contributed by atoms with Crippen LogP contribution in [0.4, 0.5) is 0 Å². The van der Waals surface area contributed by atoms with Crippen molar-refractivity contribution < 1.29 is 14.6 Å². The lowest BCUT2D eigenvalue weighted by molar-refractivity contribution is -0.129. The highest BCUT2D eigenvalue weighted by atomic mass is 16.5. The lowest BCUT2D eigenvalue weighted by Crippen LogP contribution is -2.41. The fourth-order valence-electron chi connectivity index (χ4n) is 1.70. The minimum Gasteiger partial charge on any atom is -0.467 e. The van der Waals surface area contributed by atoms with E-state index in [0.29, 0.717) is 13.1 Å². The molecule has 0 bridgehead atoms. The van der Waals surface area contributed by atoms with Gasteiger partial charge in [-0.2, -0.15) is 0 Å². The van der Waals surface area contributed by atoms with Crippen molar-refractivity contribution in [2.75, 3.05) is 32.8 Å². The number of ether oxygens (including phenoxy) is 1. The third kappa shape index (κ3) is 3.27. The minimum atomic E-state index is 0.0992. The van der Waals surface area contributed by atoms with Crippen LogP contribution >= 0.6 is 0 Å². The van der Waals surface area contributed by atoms with Gasteiger partial charge in [0.15, 0.2) is 0 Å². The van der Waals surface area contributed by atoms with Gasteiger partial charge in [0, 0.05) is 13.2 Å². The Bertz CT molecular complexity index is 176. The summed E-state index contributed by atoms with van der Waals surface area (Å²) in [7, 11) is 0. The van der Waals surface area contributed by atoms with E-state index in [1.54, 1.807) is 0 Å². The Hall–Kier alpha value is -0.610. The first-order valence-corrected chi connectivity index (χ1v) is 5.09. The van der Waals surface area contributed by atoms with Crippen LogP contribution in [0.5, 0.6) is 0 Å². The molecule has 1 N–H and O–H groups in total. The van der Waals surface area contributed by atoms with Crippen LogP contribution in [0.2, 0.25) is 0 Å². The van der Waals surface area contributed by atoms with Gasteiger partial charge < -0.3 is 9.84 Å². The fraction of sp³-hybridized carbons (Fsp3) is 0.900. The Labute approximate surface area is 84.8 Å². The molecular weight excluding hydrogens is 182 g/mol. The van der Waals surface area contributed by atoms with E-state index in [0.717, 1.165) is 32.5 Å². The van der Waals surface area contributed by atoms with Gasteiger partial charge in [-0.05, 0) is 31.3 Å². The Morgan fingerprint density at radius 3 is 2.64 bits per heavy atom. The number of hydrogen-bond acceptors (Lipinski definition) is 4. The van der Waals surface area contributed by atoms with Crippen molar-refractivity contribution in [3.05, 3.63) is 0 Å². The van der Waals surface area contributed by atoms with E-state index in [2.05, 4.69) is 16.6 Å². The number of aliphatic hydroxyl groups excluding tert-OH is 1. The van der Waals surface area contributed by atoms with E-state index in [4.69, 9.17) is 5.11 Å². The standard InChI is InChI=1S/C10H19NO3/c1-10(8-12)2-4-11(5-3-10)6-7-14-9-13/h9,12H,2-8H2,1H3. The normalized spacial score (nSPS) is 21.9. The average molecular weight is 201 g/mol. The van der Waals surface area contributed by atoms with Crippen molar-refractivity contribution in [3.63, 3.8) is 0 Å². The molecule has 0 radical (unpaired) electrons. The molecule has 1 heterocycles. The number of likely N-dealkylation sites (tertiary alicyclic amines) is 1. The summed E-state index contributed by atoms with van der Waals surface area (Å²) in [6, 6.07) is 0. The molecular formula is C10H19NO3. The van der Waals surface area contributed by atoms with Crippen LogP contribution in [0.25, 0.3) is 0 Å². The minimum absolute atomic E-state index is 0.0992. The molecule has 0 spiro atoms. The van der Waals surface area contributed by atoms with Crippen molar-refractivity contribution in [3.8, 4) is 0 Å². The lowest BCUT2D eigenvalue weighted by Gasteiger charge is -2.37. The summed E-state index contributed by atoms with van der Waals surface area (Å²) in [5, 5.41) is 9.16. The van der Waals surface area contributed by atoms with Gasteiger partial charge in [-0.15, -0.1) is 0 Å². The molecule has 0 atom stereocenters. The van der Waals surface area contributed by atoms with Crippen LogP contribution in [-0.4, -0.2) is 49.3 Å². The third-order valence-corrected chi connectivity index (χ3v) is 3.04. The number of piperidine rings is 1. The van der Waals surface area contributed by atoms with Crippen LogP contribution in [0.1, 0.15) is 19.8 Å². The second-order valence-electron chi connectivity index (χ2n) is 4.28. The second kappa shape index (κ2) is 5.32. The molecule has 14 heavy (non-hydrogen) atoms. The summed E-state index contributed by atoms with van der Waals surface area (Å²) < 4.78 is 4.64. The number of nitrogens with zero attached hydrogens (tertiary/aromatic N) is 1.